The first-order chi connectivity index (χ1) is 10.9. The molecule has 0 amide bonds. The van der Waals surface area contributed by atoms with Gasteiger partial charge in [-0.1, -0.05) is 12.1 Å². The number of likely N-dealkylation sites (tertiary alicyclic amines) is 1. The summed E-state index contributed by atoms with van der Waals surface area (Å²) in [6.07, 6.45) is -1.61. The van der Waals surface area contributed by atoms with Crippen molar-refractivity contribution in [3.8, 4) is 11.8 Å². The van der Waals surface area contributed by atoms with E-state index in [4.69, 9.17) is 0 Å². The Balaban J connectivity index is 2.05. The third-order valence-electron chi connectivity index (χ3n) is 4.15. The Kier molecular flexibility index (Phi) is 6.09. The number of hydrogen-bond donors (Lipinski definition) is 1. The summed E-state index contributed by atoms with van der Waals surface area (Å²) in [4.78, 5) is 2.08. The molecule has 0 radical (unpaired) electrons. The Morgan fingerprint density at radius 3 is 2.78 bits per heavy atom. The second kappa shape index (κ2) is 7.85. The van der Waals surface area contributed by atoms with Crippen molar-refractivity contribution < 1.29 is 18.3 Å². The second-order valence-corrected chi connectivity index (χ2v) is 5.91. The molecule has 1 aliphatic heterocycles. The van der Waals surface area contributed by atoms with Crippen molar-refractivity contribution in [2.24, 2.45) is 0 Å². The van der Waals surface area contributed by atoms with Gasteiger partial charge in [-0.3, -0.25) is 4.90 Å². The summed E-state index contributed by atoms with van der Waals surface area (Å²) >= 11 is 0. The minimum absolute atomic E-state index is 0.149. The number of unbranched alkanes of at least 4 members (excludes halogenated alkanes) is 2. The average Bonchev–Trinajstić information content (AvgIpc) is 2.87. The van der Waals surface area contributed by atoms with E-state index in [0.29, 0.717) is 18.5 Å². The maximum Gasteiger partial charge on any atom is 0.416 e. The lowest BCUT2D eigenvalue weighted by Crippen LogP contribution is -2.26. The van der Waals surface area contributed by atoms with Crippen molar-refractivity contribution in [2.75, 3.05) is 13.1 Å². The first-order valence-corrected chi connectivity index (χ1v) is 7.90. The van der Waals surface area contributed by atoms with Crippen molar-refractivity contribution in [1.29, 1.82) is 0 Å². The molecule has 1 aromatic carbocycles. The number of alkyl halides is 3. The topological polar surface area (TPSA) is 23.5 Å². The maximum absolute atomic E-state index is 12.9. The molecule has 0 aromatic heterocycles. The molecular formula is C18H22F3NO. The fraction of sp³-hybridized carbons (Fsp3) is 0.556. The molecule has 0 unspecified atom stereocenters. The summed E-state index contributed by atoms with van der Waals surface area (Å²) in [5.41, 5.74) is -0.000662. The number of hydrogen-bond acceptors (Lipinski definition) is 2. The van der Waals surface area contributed by atoms with Crippen LogP contribution in [-0.4, -0.2) is 29.2 Å². The predicted octanol–water partition coefficient (Wildman–Crippen LogP) is 4.01. The Morgan fingerprint density at radius 2 is 2.09 bits per heavy atom. The van der Waals surface area contributed by atoms with E-state index in [2.05, 4.69) is 16.7 Å². The molecule has 5 heteroatoms. The largest absolute Gasteiger partial charge is 0.416 e. The third kappa shape index (κ3) is 4.98. The Labute approximate surface area is 135 Å². The van der Waals surface area contributed by atoms with E-state index in [1.807, 2.05) is 0 Å². The molecule has 0 aliphatic carbocycles. The first kappa shape index (κ1) is 17.8. The highest BCUT2D eigenvalue weighted by atomic mass is 19.4. The Bertz CT molecular complexity index is 574. The van der Waals surface area contributed by atoms with Crippen LogP contribution in [0.5, 0.6) is 0 Å². The van der Waals surface area contributed by atoms with Crippen LogP contribution in [0.4, 0.5) is 13.2 Å². The van der Waals surface area contributed by atoms with Crippen LogP contribution in [0, 0.1) is 11.8 Å². The molecule has 23 heavy (non-hydrogen) atoms. The summed E-state index contributed by atoms with van der Waals surface area (Å²) in [7, 11) is 0. The van der Waals surface area contributed by atoms with Crippen LogP contribution >= 0.6 is 0 Å². The van der Waals surface area contributed by atoms with Crippen LogP contribution in [0.1, 0.15) is 49.8 Å². The molecule has 126 valence electrons. The molecule has 0 bridgehead atoms. The fourth-order valence-corrected chi connectivity index (χ4v) is 3.05. The molecular weight excluding hydrogens is 303 g/mol. The quantitative estimate of drug-likeness (QED) is 0.653. The molecule has 1 aromatic rings. The lowest BCUT2D eigenvalue weighted by molar-refractivity contribution is -0.137. The van der Waals surface area contributed by atoms with Gasteiger partial charge in [0.05, 0.1) is 11.7 Å². The van der Waals surface area contributed by atoms with Crippen LogP contribution in [0.2, 0.25) is 0 Å². The highest BCUT2D eigenvalue weighted by molar-refractivity contribution is 5.29. The van der Waals surface area contributed by atoms with Crippen LogP contribution in [0.25, 0.3) is 0 Å². The molecule has 2 rings (SSSR count). The van der Waals surface area contributed by atoms with Gasteiger partial charge < -0.3 is 5.11 Å². The van der Waals surface area contributed by atoms with Gasteiger partial charge in [0, 0.05) is 19.0 Å². The van der Waals surface area contributed by atoms with Crippen molar-refractivity contribution in [1.82, 2.24) is 4.90 Å². The van der Waals surface area contributed by atoms with E-state index in [9.17, 15) is 18.3 Å². The average molecular weight is 325 g/mol. The molecule has 1 heterocycles. The summed E-state index contributed by atoms with van der Waals surface area (Å²) in [5, 5.41) is 9.92. The second-order valence-electron chi connectivity index (χ2n) is 5.91. The van der Waals surface area contributed by atoms with E-state index in [1.165, 1.54) is 12.1 Å². The molecule has 0 saturated carbocycles. The monoisotopic (exact) mass is 325 g/mol. The van der Waals surface area contributed by atoms with Gasteiger partial charge in [0.25, 0.3) is 0 Å². The maximum atomic E-state index is 12.9. The summed E-state index contributed by atoms with van der Waals surface area (Å²) in [5.74, 6) is 5.85. The lowest BCUT2D eigenvalue weighted by Gasteiger charge is -2.25. The molecule has 1 fully saturated rings. The zero-order valence-electron chi connectivity index (χ0n) is 13.2. The van der Waals surface area contributed by atoms with Gasteiger partial charge in [-0.2, -0.15) is 13.2 Å². The van der Waals surface area contributed by atoms with Gasteiger partial charge in [0.15, 0.2) is 0 Å². The molecule has 1 saturated heterocycles. The summed E-state index contributed by atoms with van der Waals surface area (Å²) in [6, 6.07) is 5.30. The van der Waals surface area contributed by atoms with Crippen molar-refractivity contribution in [2.45, 2.75) is 50.9 Å². The van der Waals surface area contributed by atoms with E-state index in [1.54, 1.807) is 13.0 Å². The van der Waals surface area contributed by atoms with Gasteiger partial charge in [-0.05, 0) is 50.4 Å². The molecule has 2 atom stereocenters. The highest BCUT2D eigenvalue weighted by Gasteiger charge is 2.34. The molecule has 1 aliphatic rings. The first-order valence-electron chi connectivity index (χ1n) is 7.90. The zero-order chi connectivity index (χ0) is 16.9. The fourth-order valence-electron chi connectivity index (χ4n) is 3.05. The van der Waals surface area contributed by atoms with Crippen LogP contribution in [0.3, 0.4) is 0 Å². The zero-order valence-corrected chi connectivity index (χ0v) is 13.2. The Hall–Kier alpha value is -1.51. The van der Waals surface area contributed by atoms with Crippen molar-refractivity contribution >= 4 is 0 Å². The number of rotatable bonds is 5. The molecule has 2 nitrogen and oxygen atoms in total. The molecule has 0 spiro atoms. The van der Waals surface area contributed by atoms with Crippen LogP contribution < -0.4 is 0 Å². The van der Waals surface area contributed by atoms with Crippen molar-refractivity contribution in [3.63, 3.8) is 0 Å². The van der Waals surface area contributed by atoms with Gasteiger partial charge in [0.2, 0.25) is 0 Å². The smallest absolute Gasteiger partial charge is 0.392 e. The number of aliphatic hydroxyl groups excluding tert-OH is 1. The van der Waals surface area contributed by atoms with E-state index >= 15 is 0 Å². The highest BCUT2D eigenvalue weighted by Crippen LogP contribution is 2.36. The summed E-state index contributed by atoms with van der Waals surface area (Å²) in [6.45, 7) is 3.09. The minimum Gasteiger partial charge on any atom is -0.392 e. The lowest BCUT2D eigenvalue weighted by atomic mass is 10.0. The SMILES string of the molecule is CC#CCCCCN1C[C@@H](O)C[C@@H]1c1cccc(C(F)(F)F)c1. The normalized spacial score (nSPS) is 22.0. The van der Waals surface area contributed by atoms with E-state index < -0.39 is 17.8 Å². The predicted molar refractivity (Wildman–Crippen MR) is 83.7 cm³/mol. The summed E-state index contributed by atoms with van der Waals surface area (Å²) < 4.78 is 38.6. The number of β-amino-alcohol motifs (C(OH)–C–C–N with tert-alkyl or cyclic N) is 1. The van der Waals surface area contributed by atoms with E-state index in [-0.39, 0.29) is 6.04 Å². The van der Waals surface area contributed by atoms with Gasteiger partial charge in [-0.25, -0.2) is 0 Å². The van der Waals surface area contributed by atoms with Gasteiger partial charge in [-0.15, -0.1) is 11.8 Å². The number of nitrogens with zero attached hydrogens (tertiary/aromatic N) is 1. The number of benzene rings is 1. The van der Waals surface area contributed by atoms with Crippen molar-refractivity contribution in [3.05, 3.63) is 35.4 Å². The van der Waals surface area contributed by atoms with Gasteiger partial charge >= 0.3 is 6.18 Å². The van der Waals surface area contributed by atoms with Crippen LogP contribution in [-0.2, 0) is 6.18 Å². The molecule has 1 N–H and O–H groups in total. The van der Waals surface area contributed by atoms with Gasteiger partial charge in [0.1, 0.15) is 0 Å². The number of halogens is 3. The minimum atomic E-state index is -4.34. The third-order valence-corrected chi connectivity index (χ3v) is 4.15. The van der Waals surface area contributed by atoms with E-state index in [0.717, 1.165) is 31.9 Å². The standard InChI is InChI=1S/C18H22F3NO/c1-2-3-4-5-6-10-22-13-16(23)12-17(22)14-8-7-9-15(11-14)18(19,20)21/h7-9,11,16-17,23H,4-6,10,12-13H2,1H3/t16-,17+/m0/s1. The van der Waals surface area contributed by atoms with Crippen LogP contribution in [0.15, 0.2) is 24.3 Å². The Morgan fingerprint density at radius 1 is 1.30 bits per heavy atom. The number of aliphatic hydroxyl groups is 1.